The van der Waals surface area contributed by atoms with E-state index in [0.717, 1.165) is 12.1 Å². The van der Waals surface area contributed by atoms with Crippen LogP contribution in [0.4, 0.5) is 8.78 Å². The Morgan fingerprint density at radius 3 is 2.70 bits per heavy atom. The molecule has 20 heavy (non-hydrogen) atoms. The Morgan fingerprint density at radius 1 is 1.35 bits per heavy atom. The summed E-state index contributed by atoms with van der Waals surface area (Å²) >= 11 is 0. The Morgan fingerprint density at radius 2 is 2.10 bits per heavy atom. The molecule has 0 bridgehead atoms. The van der Waals surface area contributed by atoms with Crippen LogP contribution in [0.3, 0.4) is 0 Å². The van der Waals surface area contributed by atoms with Gasteiger partial charge in [0, 0.05) is 6.20 Å². The first-order chi connectivity index (χ1) is 9.52. The van der Waals surface area contributed by atoms with E-state index in [-0.39, 0.29) is 18.7 Å². The van der Waals surface area contributed by atoms with Crippen LogP contribution in [-0.2, 0) is 4.79 Å². The molecule has 0 spiro atoms. The summed E-state index contributed by atoms with van der Waals surface area (Å²) < 4.78 is 26.2. The highest BCUT2D eigenvalue weighted by Gasteiger charge is 2.22. The van der Waals surface area contributed by atoms with Gasteiger partial charge in [0.15, 0.2) is 11.6 Å². The van der Waals surface area contributed by atoms with Gasteiger partial charge in [-0.15, -0.1) is 0 Å². The summed E-state index contributed by atoms with van der Waals surface area (Å²) in [6.45, 7) is -0.266. The first-order valence-corrected chi connectivity index (χ1v) is 5.95. The maximum atomic E-state index is 13.2. The van der Waals surface area contributed by atoms with Crippen LogP contribution in [0, 0.1) is 11.6 Å². The molecule has 6 heteroatoms. The number of aliphatic carboxylic acids is 1. The number of allylic oxidation sites excluding steroid dienone is 2. The van der Waals surface area contributed by atoms with E-state index >= 15 is 0 Å². The number of hydrogen-bond acceptors (Lipinski definition) is 3. The molecule has 106 valence electrons. The van der Waals surface area contributed by atoms with Crippen LogP contribution >= 0.6 is 0 Å². The third kappa shape index (κ3) is 2.85. The minimum Gasteiger partial charge on any atom is -0.478 e. The summed E-state index contributed by atoms with van der Waals surface area (Å²) in [6, 6.07) is 2.72. The molecular weight excluding hydrogens is 268 g/mol. The molecule has 0 fully saturated rings. The number of benzene rings is 1. The Bertz CT molecular complexity index is 584. The molecule has 0 amide bonds. The standard InChI is InChI=1S/C14H13F2NO3/c15-11-4-3-9(6-12(11)16)13(8-18)17-5-1-2-10(7-17)14(19)20/h1-6,13,18H,7-8H2,(H,19,20). The van der Waals surface area contributed by atoms with Crippen molar-refractivity contribution in [1.29, 1.82) is 0 Å². The Balaban J connectivity index is 2.25. The maximum absolute atomic E-state index is 13.2. The lowest BCUT2D eigenvalue weighted by Crippen LogP contribution is -2.31. The molecular formula is C14H13F2NO3. The molecule has 0 aliphatic carbocycles. The number of carbonyl (C=O) groups is 1. The van der Waals surface area contributed by atoms with Gasteiger partial charge in [0.25, 0.3) is 0 Å². The van der Waals surface area contributed by atoms with E-state index in [9.17, 15) is 18.7 Å². The van der Waals surface area contributed by atoms with Crippen LogP contribution in [0.5, 0.6) is 0 Å². The maximum Gasteiger partial charge on any atom is 0.333 e. The highest BCUT2D eigenvalue weighted by molar-refractivity contribution is 5.87. The molecule has 1 atom stereocenters. The molecule has 1 aromatic carbocycles. The summed E-state index contributed by atoms with van der Waals surface area (Å²) in [4.78, 5) is 12.5. The van der Waals surface area contributed by atoms with Gasteiger partial charge in [-0.2, -0.15) is 0 Å². The lowest BCUT2D eigenvalue weighted by Gasteiger charge is -2.31. The molecule has 0 radical (unpaired) electrons. The fraction of sp³-hybridized carbons (Fsp3) is 0.214. The third-order valence-electron chi connectivity index (χ3n) is 3.10. The van der Waals surface area contributed by atoms with Crippen molar-refractivity contribution in [2.24, 2.45) is 0 Å². The highest BCUT2D eigenvalue weighted by Crippen LogP contribution is 2.25. The average molecular weight is 281 g/mol. The second kappa shape index (κ2) is 5.83. The molecule has 0 aromatic heterocycles. The van der Waals surface area contributed by atoms with Gasteiger partial charge in [-0.05, 0) is 29.8 Å². The number of carboxylic acids is 1. The summed E-state index contributed by atoms with van der Waals surface area (Å²) in [5, 5.41) is 18.4. The van der Waals surface area contributed by atoms with Crippen molar-refractivity contribution < 1.29 is 23.8 Å². The van der Waals surface area contributed by atoms with Crippen molar-refractivity contribution in [3.63, 3.8) is 0 Å². The van der Waals surface area contributed by atoms with Gasteiger partial charge < -0.3 is 15.1 Å². The van der Waals surface area contributed by atoms with E-state index in [0.29, 0.717) is 5.56 Å². The summed E-state index contributed by atoms with van der Waals surface area (Å²) in [5.74, 6) is -3.02. The van der Waals surface area contributed by atoms with Crippen LogP contribution < -0.4 is 0 Å². The molecule has 1 heterocycles. The Labute approximate surface area is 114 Å². The third-order valence-corrected chi connectivity index (χ3v) is 3.10. The van der Waals surface area contributed by atoms with Crippen LogP contribution in [0.2, 0.25) is 0 Å². The van der Waals surface area contributed by atoms with Gasteiger partial charge in [0.05, 0.1) is 24.8 Å². The zero-order valence-corrected chi connectivity index (χ0v) is 10.5. The van der Waals surface area contributed by atoms with E-state index in [1.807, 2.05) is 0 Å². The zero-order valence-electron chi connectivity index (χ0n) is 10.5. The second-order valence-corrected chi connectivity index (χ2v) is 4.38. The quantitative estimate of drug-likeness (QED) is 0.884. The molecule has 1 aromatic rings. The fourth-order valence-corrected chi connectivity index (χ4v) is 2.05. The summed E-state index contributed by atoms with van der Waals surface area (Å²) in [6.07, 6.45) is 4.60. The van der Waals surface area contributed by atoms with Crippen LogP contribution in [0.1, 0.15) is 11.6 Å². The Kier molecular flexibility index (Phi) is 4.14. The van der Waals surface area contributed by atoms with Crippen LogP contribution in [-0.4, -0.2) is 34.2 Å². The predicted octanol–water partition coefficient (Wildman–Crippen LogP) is 1.84. The fourth-order valence-electron chi connectivity index (χ4n) is 2.05. The monoisotopic (exact) mass is 281 g/mol. The minimum atomic E-state index is -1.05. The van der Waals surface area contributed by atoms with Crippen LogP contribution in [0.15, 0.2) is 42.1 Å². The van der Waals surface area contributed by atoms with Crippen molar-refractivity contribution in [3.8, 4) is 0 Å². The van der Waals surface area contributed by atoms with Crippen molar-refractivity contribution >= 4 is 5.97 Å². The van der Waals surface area contributed by atoms with Crippen molar-refractivity contribution in [1.82, 2.24) is 4.90 Å². The number of aliphatic hydroxyl groups excluding tert-OH is 1. The van der Waals surface area contributed by atoms with E-state index < -0.39 is 23.6 Å². The molecule has 0 saturated carbocycles. The number of hydrogen-bond donors (Lipinski definition) is 2. The largest absolute Gasteiger partial charge is 0.478 e. The van der Waals surface area contributed by atoms with Gasteiger partial charge in [-0.3, -0.25) is 0 Å². The van der Waals surface area contributed by atoms with Crippen LogP contribution in [0.25, 0.3) is 0 Å². The highest BCUT2D eigenvalue weighted by atomic mass is 19.2. The summed E-state index contributed by atoms with van der Waals surface area (Å²) in [7, 11) is 0. The average Bonchev–Trinajstić information content (AvgIpc) is 2.44. The van der Waals surface area contributed by atoms with E-state index in [1.165, 1.54) is 18.2 Å². The van der Waals surface area contributed by atoms with Gasteiger partial charge in [0.1, 0.15) is 0 Å². The SMILES string of the molecule is O=C(O)C1=CC=CN(C(CO)c2ccc(F)c(F)c2)C1. The van der Waals surface area contributed by atoms with Gasteiger partial charge >= 0.3 is 5.97 Å². The number of aliphatic hydroxyl groups is 1. The zero-order chi connectivity index (χ0) is 14.7. The smallest absolute Gasteiger partial charge is 0.333 e. The number of carboxylic acid groups (broad SMARTS) is 1. The first kappa shape index (κ1) is 14.2. The molecule has 1 unspecified atom stereocenters. The molecule has 2 rings (SSSR count). The first-order valence-electron chi connectivity index (χ1n) is 5.95. The number of nitrogens with zero attached hydrogens (tertiary/aromatic N) is 1. The van der Waals surface area contributed by atoms with Crippen molar-refractivity contribution in [3.05, 3.63) is 59.3 Å². The summed E-state index contributed by atoms with van der Waals surface area (Å²) in [5.41, 5.74) is 0.538. The van der Waals surface area contributed by atoms with E-state index in [2.05, 4.69) is 0 Å². The number of halogens is 2. The van der Waals surface area contributed by atoms with E-state index in [4.69, 9.17) is 5.11 Å². The van der Waals surface area contributed by atoms with Gasteiger partial charge in [0.2, 0.25) is 0 Å². The lowest BCUT2D eigenvalue weighted by molar-refractivity contribution is -0.133. The van der Waals surface area contributed by atoms with Crippen molar-refractivity contribution in [2.45, 2.75) is 6.04 Å². The number of rotatable bonds is 4. The molecule has 1 aliphatic rings. The molecule has 0 saturated heterocycles. The topological polar surface area (TPSA) is 60.8 Å². The molecule has 1 aliphatic heterocycles. The van der Waals surface area contributed by atoms with Gasteiger partial charge in [-0.1, -0.05) is 6.07 Å². The lowest BCUT2D eigenvalue weighted by atomic mass is 10.0. The van der Waals surface area contributed by atoms with E-state index in [1.54, 1.807) is 11.1 Å². The minimum absolute atomic E-state index is 0.0794. The molecule has 4 nitrogen and oxygen atoms in total. The predicted molar refractivity (Wildman–Crippen MR) is 67.7 cm³/mol. The van der Waals surface area contributed by atoms with Gasteiger partial charge in [-0.25, -0.2) is 13.6 Å². The second-order valence-electron chi connectivity index (χ2n) is 4.38. The molecule has 2 N–H and O–H groups in total. The normalized spacial score (nSPS) is 15.9. The van der Waals surface area contributed by atoms with Crippen molar-refractivity contribution in [2.75, 3.05) is 13.2 Å². The Hall–Kier alpha value is -2.21.